The summed E-state index contributed by atoms with van der Waals surface area (Å²) in [5.41, 5.74) is 9.79. The highest BCUT2D eigenvalue weighted by atomic mass is 32.2. The highest BCUT2D eigenvalue weighted by Gasteiger charge is 2.15. The molecular formula is C18H18N6OS2. The van der Waals surface area contributed by atoms with Crippen LogP contribution in [0.5, 0.6) is 0 Å². The van der Waals surface area contributed by atoms with Gasteiger partial charge in [0.1, 0.15) is 17.4 Å². The van der Waals surface area contributed by atoms with Gasteiger partial charge in [-0.25, -0.2) is 4.98 Å². The van der Waals surface area contributed by atoms with Crippen LogP contribution in [0.2, 0.25) is 0 Å². The number of furan rings is 1. The van der Waals surface area contributed by atoms with Crippen molar-refractivity contribution in [3.63, 3.8) is 0 Å². The van der Waals surface area contributed by atoms with Gasteiger partial charge in [0, 0.05) is 11.3 Å². The first kappa shape index (κ1) is 17.7. The van der Waals surface area contributed by atoms with Gasteiger partial charge >= 0.3 is 0 Å². The number of nitrogens with zero attached hydrogens (tertiary/aromatic N) is 4. The zero-order chi connectivity index (χ0) is 19.0. The van der Waals surface area contributed by atoms with Gasteiger partial charge in [-0.15, -0.1) is 10.2 Å². The van der Waals surface area contributed by atoms with Crippen molar-refractivity contribution in [3.8, 4) is 0 Å². The number of nitrogens with two attached hydrogens (primary N) is 1. The number of hydrogen-bond acceptors (Lipinski definition) is 9. The number of aromatic nitrogens is 4. The first-order chi connectivity index (χ1) is 13.0. The molecule has 3 aromatic heterocycles. The lowest BCUT2D eigenvalue weighted by Crippen LogP contribution is -1.99. The maximum absolute atomic E-state index is 6.09. The Morgan fingerprint density at radius 3 is 2.85 bits per heavy atom. The molecule has 0 aliphatic heterocycles. The molecule has 0 radical (unpaired) electrons. The number of aryl methyl sites for hydroxylation is 3. The van der Waals surface area contributed by atoms with E-state index in [-0.39, 0.29) is 0 Å². The van der Waals surface area contributed by atoms with E-state index in [2.05, 4.69) is 44.5 Å². The molecule has 1 aromatic carbocycles. The number of fused-ring (bicyclic) bond motifs is 1. The Balaban J connectivity index is 1.46. The Bertz CT molecular complexity index is 1120. The maximum atomic E-state index is 6.09. The van der Waals surface area contributed by atoms with Crippen molar-refractivity contribution < 1.29 is 4.42 Å². The van der Waals surface area contributed by atoms with Crippen molar-refractivity contribution in [3.05, 3.63) is 47.0 Å². The number of hydrogen-bond donors (Lipinski definition) is 2. The Morgan fingerprint density at radius 2 is 2.04 bits per heavy atom. The van der Waals surface area contributed by atoms with Gasteiger partial charge < -0.3 is 15.5 Å². The van der Waals surface area contributed by atoms with E-state index in [1.807, 2.05) is 26.0 Å². The summed E-state index contributed by atoms with van der Waals surface area (Å²) in [5, 5.41) is 13.2. The van der Waals surface area contributed by atoms with Crippen LogP contribution in [0.3, 0.4) is 0 Å². The van der Waals surface area contributed by atoms with Gasteiger partial charge in [0.25, 0.3) is 0 Å². The minimum absolute atomic E-state index is 0.448. The van der Waals surface area contributed by atoms with E-state index in [4.69, 9.17) is 10.2 Å². The SMILES string of the molecule is Cc1cccc(Nc2nnc(SCc3nc(N)c4c(C)c(C)oc4n3)s2)c1. The number of thioether (sulfide) groups is 1. The zero-order valence-corrected chi connectivity index (χ0v) is 16.7. The van der Waals surface area contributed by atoms with Crippen LogP contribution in [-0.2, 0) is 5.75 Å². The largest absolute Gasteiger partial charge is 0.443 e. The fraction of sp³-hybridized carbons (Fsp3) is 0.222. The second-order valence-electron chi connectivity index (χ2n) is 6.14. The minimum Gasteiger partial charge on any atom is -0.443 e. The van der Waals surface area contributed by atoms with Crippen molar-refractivity contribution in [1.29, 1.82) is 0 Å². The number of nitrogens with one attached hydrogen (secondary N) is 1. The van der Waals surface area contributed by atoms with Crippen LogP contribution in [0, 0.1) is 20.8 Å². The molecule has 3 heterocycles. The van der Waals surface area contributed by atoms with Crippen LogP contribution in [0.15, 0.2) is 33.0 Å². The van der Waals surface area contributed by atoms with E-state index in [0.29, 0.717) is 23.1 Å². The normalized spacial score (nSPS) is 11.2. The summed E-state index contributed by atoms with van der Waals surface area (Å²) < 4.78 is 6.51. The molecule has 0 saturated carbocycles. The van der Waals surface area contributed by atoms with Gasteiger partial charge in [0.05, 0.1) is 11.1 Å². The molecule has 0 spiro atoms. The maximum Gasteiger partial charge on any atom is 0.231 e. The summed E-state index contributed by atoms with van der Waals surface area (Å²) in [4.78, 5) is 8.88. The molecule has 4 rings (SSSR count). The predicted molar refractivity (Wildman–Crippen MR) is 110 cm³/mol. The van der Waals surface area contributed by atoms with E-state index < -0.39 is 0 Å². The minimum atomic E-state index is 0.448. The standard InChI is InChI=1S/C18H18N6OS2/c1-9-5-4-6-12(7-9)20-17-23-24-18(27-17)26-8-13-21-15(19)14-10(2)11(3)25-16(14)22-13/h4-7H,8H2,1-3H3,(H,20,23)(H2,19,21,22). The summed E-state index contributed by atoms with van der Waals surface area (Å²) in [6.45, 7) is 5.91. The highest BCUT2D eigenvalue weighted by molar-refractivity contribution is 8.00. The predicted octanol–water partition coefficient (Wildman–Crippen LogP) is 4.62. The van der Waals surface area contributed by atoms with Crippen molar-refractivity contribution in [2.45, 2.75) is 30.9 Å². The molecule has 0 unspecified atom stereocenters. The smallest absolute Gasteiger partial charge is 0.231 e. The third-order valence-electron chi connectivity index (χ3n) is 4.10. The molecule has 27 heavy (non-hydrogen) atoms. The summed E-state index contributed by atoms with van der Waals surface area (Å²) in [6.07, 6.45) is 0. The van der Waals surface area contributed by atoms with Crippen molar-refractivity contribution in [2.75, 3.05) is 11.1 Å². The van der Waals surface area contributed by atoms with Crippen LogP contribution in [0.1, 0.15) is 22.7 Å². The molecule has 0 fully saturated rings. The fourth-order valence-electron chi connectivity index (χ4n) is 2.68. The average molecular weight is 399 g/mol. The number of rotatable bonds is 5. The zero-order valence-electron chi connectivity index (χ0n) is 15.1. The molecule has 0 atom stereocenters. The van der Waals surface area contributed by atoms with Crippen molar-refractivity contribution >= 4 is 50.8 Å². The van der Waals surface area contributed by atoms with Gasteiger partial charge in [-0.1, -0.05) is 35.2 Å². The summed E-state index contributed by atoms with van der Waals surface area (Å²) >= 11 is 3.01. The Labute approximate surface area is 164 Å². The van der Waals surface area contributed by atoms with Crippen LogP contribution < -0.4 is 11.1 Å². The topological polar surface area (TPSA) is 103 Å². The van der Waals surface area contributed by atoms with E-state index in [0.717, 1.165) is 31.9 Å². The van der Waals surface area contributed by atoms with Gasteiger partial charge in [-0.05, 0) is 38.5 Å². The summed E-state index contributed by atoms with van der Waals surface area (Å²) in [6, 6.07) is 8.12. The lowest BCUT2D eigenvalue weighted by molar-refractivity contribution is 0.562. The fourth-order valence-corrected chi connectivity index (χ4v) is 4.31. The van der Waals surface area contributed by atoms with Crippen molar-refractivity contribution in [1.82, 2.24) is 20.2 Å². The van der Waals surface area contributed by atoms with Gasteiger partial charge in [-0.3, -0.25) is 0 Å². The molecule has 138 valence electrons. The van der Waals surface area contributed by atoms with E-state index in [1.54, 1.807) is 0 Å². The first-order valence-corrected chi connectivity index (χ1v) is 10.1. The first-order valence-electron chi connectivity index (χ1n) is 8.31. The molecule has 9 heteroatoms. The van der Waals surface area contributed by atoms with Gasteiger partial charge in [-0.2, -0.15) is 4.98 Å². The number of nitrogen functional groups attached to an aromatic ring is 1. The van der Waals surface area contributed by atoms with Gasteiger partial charge in [0.15, 0.2) is 4.34 Å². The van der Waals surface area contributed by atoms with Crippen LogP contribution in [0.4, 0.5) is 16.6 Å². The van der Waals surface area contributed by atoms with Gasteiger partial charge in [0.2, 0.25) is 10.8 Å². The average Bonchev–Trinajstić information content (AvgIpc) is 3.18. The lowest BCUT2D eigenvalue weighted by atomic mass is 10.2. The molecular weight excluding hydrogens is 380 g/mol. The summed E-state index contributed by atoms with van der Waals surface area (Å²) in [7, 11) is 0. The Hall–Kier alpha value is -2.65. The molecule has 4 aromatic rings. The molecule has 7 nitrogen and oxygen atoms in total. The highest BCUT2D eigenvalue weighted by Crippen LogP contribution is 2.31. The van der Waals surface area contributed by atoms with E-state index >= 15 is 0 Å². The van der Waals surface area contributed by atoms with E-state index in [9.17, 15) is 0 Å². The molecule has 3 N–H and O–H groups in total. The second-order valence-corrected chi connectivity index (χ2v) is 8.34. The third kappa shape index (κ3) is 3.74. The van der Waals surface area contributed by atoms with E-state index in [1.165, 1.54) is 28.7 Å². The number of anilines is 3. The van der Waals surface area contributed by atoms with Crippen LogP contribution >= 0.6 is 23.1 Å². The molecule has 0 amide bonds. The lowest BCUT2D eigenvalue weighted by Gasteiger charge is -2.02. The molecule has 0 saturated heterocycles. The molecule has 0 aliphatic rings. The van der Waals surface area contributed by atoms with Crippen LogP contribution in [-0.4, -0.2) is 20.2 Å². The molecule has 0 bridgehead atoms. The quantitative estimate of drug-likeness (QED) is 0.470. The Kier molecular flexibility index (Phi) is 4.71. The number of benzene rings is 1. The monoisotopic (exact) mass is 398 g/mol. The second kappa shape index (κ2) is 7.16. The van der Waals surface area contributed by atoms with Crippen molar-refractivity contribution in [2.24, 2.45) is 0 Å². The third-order valence-corrected chi connectivity index (χ3v) is 6.07. The molecule has 0 aliphatic carbocycles. The Morgan fingerprint density at radius 1 is 1.19 bits per heavy atom. The van der Waals surface area contributed by atoms with Crippen LogP contribution in [0.25, 0.3) is 11.1 Å². The summed E-state index contributed by atoms with van der Waals surface area (Å²) in [5.74, 6) is 2.41.